The average molecular weight is 288 g/mol. The Hall–Kier alpha value is -0.940. The zero-order valence-corrected chi connectivity index (χ0v) is 10.00. The molecule has 1 heterocycles. The topological polar surface area (TPSA) is 49.3 Å². The highest BCUT2D eigenvalue weighted by Gasteiger charge is 2.35. The second-order valence-electron chi connectivity index (χ2n) is 3.88. The van der Waals surface area contributed by atoms with Gasteiger partial charge in [0, 0.05) is 23.5 Å². The highest BCUT2D eigenvalue weighted by molar-refractivity contribution is 9.10. The molecule has 86 valence electrons. The summed E-state index contributed by atoms with van der Waals surface area (Å²) in [5, 5.41) is 12.0. The smallest absolute Gasteiger partial charge is 0.308 e. The van der Waals surface area contributed by atoms with Crippen LogP contribution in [0, 0.1) is 11.7 Å². The Bertz CT molecular complexity index is 424. The van der Waals surface area contributed by atoms with Gasteiger partial charge in [0.2, 0.25) is 0 Å². The number of nitrogens with one attached hydrogen (secondary N) is 1. The van der Waals surface area contributed by atoms with E-state index in [2.05, 4.69) is 21.2 Å². The van der Waals surface area contributed by atoms with Crippen molar-refractivity contribution in [2.75, 3.05) is 13.1 Å². The zero-order valence-electron chi connectivity index (χ0n) is 8.41. The lowest BCUT2D eigenvalue weighted by atomic mass is 9.89. The Balaban J connectivity index is 2.32. The minimum Gasteiger partial charge on any atom is -0.481 e. The first kappa shape index (κ1) is 11.5. The molecule has 1 aliphatic rings. The summed E-state index contributed by atoms with van der Waals surface area (Å²) >= 11 is 3.18. The molecule has 1 aromatic rings. The molecule has 0 amide bonds. The molecule has 0 spiro atoms. The standard InChI is InChI=1S/C11H11BrFNO2/c12-6-1-2-7(10(13)3-6)8-4-14-5-9(8)11(15)16/h1-3,8-9,14H,4-5H2,(H,15,16)/t8-,9+/m0/s1. The van der Waals surface area contributed by atoms with E-state index in [1.165, 1.54) is 6.07 Å². The van der Waals surface area contributed by atoms with Crippen LogP contribution in [-0.2, 0) is 4.79 Å². The van der Waals surface area contributed by atoms with Crippen LogP contribution in [0.2, 0.25) is 0 Å². The number of carbonyl (C=O) groups is 1. The molecule has 1 fully saturated rings. The molecule has 0 radical (unpaired) electrons. The van der Waals surface area contributed by atoms with E-state index in [1.54, 1.807) is 12.1 Å². The van der Waals surface area contributed by atoms with Crippen molar-refractivity contribution in [1.29, 1.82) is 0 Å². The van der Waals surface area contributed by atoms with Crippen molar-refractivity contribution in [2.24, 2.45) is 5.92 Å². The monoisotopic (exact) mass is 287 g/mol. The third-order valence-electron chi connectivity index (χ3n) is 2.89. The van der Waals surface area contributed by atoms with Crippen LogP contribution in [-0.4, -0.2) is 24.2 Å². The minimum absolute atomic E-state index is 0.286. The summed E-state index contributed by atoms with van der Waals surface area (Å²) < 4.78 is 14.3. The lowest BCUT2D eigenvalue weighted by Crippen LogP contribution is -2.21. The van der Waals surface area contributed by atoms with Crippen molar-refractivity contribution in [3.8, 4) is 0 Å². The van der Waals surface area contributed by atoms with E-state index in [-0.39, 0.29) is 11.7 Å². The predicted molar refractivity (Wildman–Crippen MR) is 60.8 cm³/mol. The number of hydrogen-bond donors (Lipinski definition) is 2. The van der Waals surface area contributed by atoms with Gasteiger partial charge in [-0.05, 0) is 17.7 Å². The molecule has 3 nitrogen and oxygen atoms in total. The average Bonchev–Trinajstić information content (AvgIpc) is 2.66. The van der Waals surface area contributed by atoms with E-state index < -0.39 is 11.9 Å². The fourth-order valence-corrected chi connectivity index (χ4v) is 2.40. The molecule has 0 bridgehead atoms. The Labute approximate surface area is 101 Å². The van der Waals surface area contributed by atoms with Gasteiger partial charge in [-0.25, -0.2) is 4.39 Å². The van der Waals surface area contributed by atoms with Crippen molar-refractivity contribution >= 4 is 21.9 Å². The molecule has 5 heteroatoms. The summed E-state index contributed by atoms with van der Waals surface area (Å²) in [5.74, 6) is -2.06. The first-order valence-corrected chi connectivity index (χ1v) is 5.77. The lowest BCUT2D eigenvalue weighted by molar-refractivity contribution is -0.141. The van der Waals surface area contributed by atoms with Gasteiger partial charge < -0.3 is 10.4 Å². The fourth-order valence-electron chi connectivity index (χ4n) is 2.07. The first-order valence-electron chi connectivity index (χ1n) is 4.98. The SMILES string of the molecule is O=C(O)[C@@H]1CNC[C@H]1c1ccc(Br)cc1F. The quantitative estimate of drug-likeness (QED) is 0.875. The Morgan fingerprint density at radius 2 is 2.25 bits per heavy atom. The fraction of sp³-hybridized carbons (Fsp3) is 0.364. The number of hydrogen-bond acceptors (Lipinski definition) is 2. The normalized spacial score (nSPS) is 24.6. The van der Waals surface area contributed by atoms with Gasteiger partial charge in [-0.1, -0.05) is 22.0 Å². The molecule has 2 atom stereocenters. The molecule has 0 saturated carbocycles. The number of carboxylic acids is 1. The molecule has 2 rings (SSSR count). The van der Waals surface area contributed by atoms with Gasteiger partial charge in [0.1, 0.15) is 5.82 Å². The number of rotatable bonds is 2. The maximum atomic E-state index is 13.7. The van der Waals surface area contributed by atoms with Crippen LogP contribution in [0.1, 0.15) is 11.5 Å². The molecular weight excluding hydrogens is 277 g/mol. The molecular formula is C11H11BrFNO2. The predicted octanol–water partition coefficient (Wildman–Crippen LogP) is 1.98. The Morgan fingerprint density at radius 1 is 1.50 bits per heavy atom. The molecule has 16 heavy (non-hydrogen) atoms. The Kier molecular flexibility index (Phi) is 3.25. The number of benzene rings is 1. The van der Waals surface area contributed by atoms with Crippen molar-refractivity contribution in [1.82, 2.24) is 5.32 Å². The maximum Gasteiger partial charge on any atom is 0.308 e. The van der Waals surface area contributed by atoms with Gasteiger partial charge in [0.15, 0.2) is 0 Å². The van der Waals surface area contributed by atoms with Crippen LogP contribution in [0.25, 0.3) is 0 Å². The summed E-state index contributed by atoms with van der Waals surface area (Å²) in [4.78, 5) is 11.0. The highest BCUT2D eigenvalue weighted by Crippen LogP contribution is 2.31. The summed E-state index contributed by atoms with van der Waals surface area (Å²) in [6.45, 7) is 0.908. The van der Waals surface area contributed by atoms with Gasteiger partial charge in [0.25, 0.3) is 0 Å². The number of carboxylic acid groups (broad SMARTS) is 1. The first-order chi connectivity index (χ1) is 7.59. The van der Waals surface area contributed by atoms with Crippen molar-refractivity contribution in [3.05, 3.63) is 34.1 Å². The Morgan fingerprint density at radius 3 is 2.88 bits per heavy atom. The molecule has 2 N–H and O–H groups in total. The summed E-state index contributed by atoms with van der Waals surface area (Å²) in [5.41, 5.74) is 0.473. The molecule has 1 saturated heterocycles. The zero-order chi connectivity index (χ0) is 11.7. The van der Waals surface area contributed by atoms with Crippen molar-refractivity contribution in [2.45, 2.75) is 5.92 Å². The van der Waals surface area contributed by atoms with Crippen LogP contribution in [0.15, 0.2) is 22.7 Å². The van der Waals surface area contributed by atoms with E-state index in [1.807, 2.05) is 0 Å². The minimum atomic E-state index is -0.877. The second kappa shape index (κ2) is 4.51. The third-order valence-corrected chi connectivity index (χ3v) is 3.39. The van der Waals surface area contributed by atoms with E-state index in [9.17, 15) is 9.18 Å². The molecule has 1 aliphatic heterocycles. The molecule has 0 unspecified atom stereocenters. The van der Waals surface area contributed by atoms with Crippen molar-refractivity contribution < 1.29 is 14.3 Å². The van der Waals surface area contributed by atoms with Gasteiger partial charge in [0.05, 0.1) is 5.92 Å². The number of aliphatic carboxylic acids is 1. The summed E-state index contributed by atoms with van der Waals surface area (Å²) in [7, 11) is 0. The third kappa shape index (κ3) is 2.10. The van der Waals surface area contributed by atoms with Crippen LogP contribution in [0.3, 0.4) is 0 Å². The van der Waals surface area contributed by atoms with Crippen LogP contribution >= 0.6 is 15.9 Å². The van der Waals surface area contributed by atoms with Gasteiger partial charge >= 0.3 is 5.97 Å². The highest BCUT2D eigenvalue weighted by atomic mass is 79.9. The largest absolute Gasteiger partial charge is 0.481 e. The summed E-state index contributed by atoms with van der Waals surface area (Å²) in [6.07, 6.45) is 0. The molecule has 1 aromatic carbocycles. The van der Waals surface area contributed by atoms with Crippen LogP contribution < -0.4 is 5.32 Å². The van der Waals surface area contributed by atoms with Gasteiger partial charge in [-0.3, -0.25) is 4.79 Å². The molecule has 0 aliphatic carbocycles. The van der Waals surface area contributed by atoms with E-state index in [4.69, 9.17) is 5.11 Å². The van der Waals surface area contributed by atoms with Crippen LogP contribution in [0.5, 0.6) is 0 Å². The summed E-state index contributed by atoms with van der Waals surface area (Å²) in [6, 6.07) is 4.75. The van der Waals surface area contributed by atoms with E-state index >= 15 is 0 Å². The number of halogens is 2. The van der Waals surface area contributed by atoms with E-state index in [0.29, 0.717) is 23.1 Å². The van der Waals surface area contributed by atoms with Crippen molar-refractivity contribution in [3.63, 3.8) is 0 Å². The lowest BCUT2D eigenvalue weighted by Gasteiger charge is -2.15. The van der Waals surface area contributed by atoms with Crippen LogP contribution in [0.4, 0.5) is 4.39 Å². The molecule has 0 aromatic heterocycles. The van der Waals surface area contributed by atoms with E-state index in [0.717, 1.165) is 0 Å². The maximum absolute atomic E-state index is 13.7. The van der Waals surface area contributed by atoms with Gasteiger partial charge in [-0.15, -0.1) is 0 Å². The second-order valence-corrected chi connectivity index (χ2v) is 4.79. The van der Waals surface area contributed by atoms with Gasteiger partial charge in [-0.2, -0.15) is 0 Å².